The fraction of sp³-hybridized carbons (Fsp3) is 0.600. The van der Waals surface area contributed by atoms with Gasteiger partial charge in [-0.1, -0.05) is 0 Å². The third kappa shape index (κ3) is 1.78. The number of anilines is 2. The van der Waals surface area contributed by atoms with Crippen LogP contribution in [0.3, 0.4) is 0 Å². The molecular weight excluding hydrogens is 176 g/mol. The Hall–Kier alpha value is -1.32. The molecule has 0 amide bonds. The third-order valence-electron chi connectivity index (χ3n) is 2.78. The molecule has 0 aromatic carbocycles. The molecule has 0 spiro atoms. The van der Waals surface area contributed by atoms with E-state index in [1.54, 1.807) is 6.20 Å². The number of hydrogen-bond donors (Lipinski definition) is 2. The lowest BCUT2D eigenvalue weighted by Crippen LogP contribution is -2.34. The summed E-state index contributed by atoms with van der Waals surface area (Å²) in [5.74, 6) is 1.49. The van der Waals surface area contributed by atoms with Gasteiger partial charge in [0.05, 0.1) is 11.9 Å². The van der Waals surface area contributed by atoms with Gasteiger partial charge in [0.25, 0.3) is 0 Å². The Morgan fingerprint density at radius 1 is 1.50 bits per heavy atom. The minimum Gasteiger partial charge on any atom is -0.394 e. The van der Waals surface area contributed by atoms with Gasteiger partial charge >= 0.3 is 0 Å². The first kappa shape index (κ1) is 9.24. The Morgan fingerprint density at radius 3 is 2.79 bits per heavy atom. The van der Waals surface area contributed by atoms with Crippen molar-refractivity contribution in [3.05, 3.63) is 12.5 Å². The first-order valence-electron chi connectivity index (χ1n) is 4.93. The Bertz CT molecular complexity index is 331. The first-order valence-corrected chi connectivity index (χ1v) is 4.93. The van der Waals surface area contributed by atoms with Gasteiger partial charge in [-0.2, -0.15) is 0 Å². The van der Waals surface area contributed by atoms with Crippen molar-refractivity contribution in [2.45, 2.75) is 32.2 Å². The molecule has 0 unspecified atom stereocenters. The maximum absolute atomic E-state index is 5.76. The molecule has 0 atom stereocenters. The van der Waals surface area contributed by atoms with Crippen LogP contribution >= 0.6 is 0 Å². The summed E-state index contributed by atoms with van der Waals surface area (Å²) in [5, 5.41) is 3.37. The molecule has 2 rings (SSSR count). The van der Waals surface area contributed by atoms with Gasteiger partial charge in [-0.05, 0) is 32.6 Å². The van der Waals surface area contributed by atoms with Gasteiger partial charge in [-0.25, -0.2) is 9.97 Å². The molecule has 1 aromatic heterocycles. The highest BCUT2D eigenvalue weighted by atomic mass is 15.1. The highest BCUT2D eigenvalue weighted by Crippen LogP contribution is 2.41. The molecule has 0 saturated heterocycles. The van der Waals surface area contributed by atoms with E-state index in [0.717, 1.165) is 11.7 Å². The zero-order valence-corrected chi connectivity index (χ0v) is 8.62. The summed E-state index contributed by atoms with van der Waals surface area (Å²) < 4.78 is 0. The quantitative estimate of drug-likeness (QED) is 0.764. The van der Waals surface area contributed by atoms with Crippen LogP contribution in [0.25, 0.3) is 0 Å². The van der Waals surface area contributed by atoms with E-state index in [1.807, 2.05) is 0 Å². The second-order valence-electron chi connectivity index (χ2n) is 4.45. The summed E-state index contributed by atoms with van der Waals surface area (Å²) in [7, 11) is 0. The predicted molar refractivity (Wildman–Crippen MR) is 56.9 cm³/mol. The van der Waals surface area contributed by atoms with E-state index in [1.165, 1.54) is 19.2 Å². The number of nitrogens with one attached hydrogen (secondary N) is 1. The Morgan fingerprint density at radius 2 is 2.21 bits per heavy atom. The number of nitrogen functional groups attached to an aromatic ring is 1. The molecule has 1 fully saturated rings. The second-order valence-corrected chi connectivity index (χ2v) is 4.45. The lowest BCUT2D eigenvalue weighted by atomic mass is 9.99. The maximum Gasteiger partial charge on any atom is 0.153 e. The van der Waals surface area contributed by atoms with Gasteiger partial charge in [0, 0.05) is 5.54 Å². The fourth-order valence-electron chi connectivity index (χ4n) is 1.66. The van der Waals surface area contributed by atoms with E-state index in [9.17, 15) is 0 Å². The molecule has 0 radical (unpaired) electrons. The zero-order valence-electron chi connectivity index (χ0n) is 8.62. The van der Waals surface area contributed by atoms with Crippen molar-refractivity contribution in [1.29, 1.82) is 0 Å². The van der Waals surface area contributed by atoms with Gasteiger partial charge in [0.1, 0.15) is 6.33 Å². The van der Waals surface area contributed by atoms with Crippen LogP contribution in [-0.4, -0.2) is 15.5 Å². The van der Waals surface area contributed by atoms with Crippen molar-refractivity contribution in [2.24, 2.45) is 5.92 Å². The Labute approximate surface area is 83.9 Å². The lowest BCUT2D eigenvalue weighted by Gasteiger charge is -2.27. The van der Waals surface area contributed by atoms with Crippen LogP contribution in [0.5, 0.6) is 0 Å². The van der Waals surface area contributed by atoms with Crippen LogP contribution in [0.15, 0.2) is 12.5 Å². The number of hydrogen-bond acceptors (Lipinski definition) is 4. The molecule has 4 nitrogen and oxygen atoms in total. The van der Waals surface area contributed by atoms with Crippen molar-refractivity contribution in [1.82, 2.24) is 9.97 Å². The van der Waals surface area contributed by atoms with Gasteiger partial charge < -0.3 is 11.1 Å². The minimum atomic E-state index is 0.0858. The van der Waals surface area contributed by atoms with Crippen molar-refractivity contribution >= 4 is 11.5 Å². The van der Waals surface area contributed by atoms with Gasteiger partial charge in [0.2, 0.25) is 0 Å². The largest absolute Gasteiger partial charge is 0.394 e. The van der Waals surface area contributed by atoms with Crippen LogP contribution in [0.2, 0.25) is 0 Å². The molecule has 3 N–H and O–H groups in total. The number of nitrogens with zero attached hydrogens (tertiary/aromatic N) is 2. The molecule has 4 heteroatoms. The van der Waals surface area contributed by atoms with Gasteiger partial charge in [-0.3, -0.25) is 0 Å². The SMILES string of the molecule is CC(C)(Nc1ncncc1N)C1CC1. The summed E-state index contributed by atoms with van der Waals surface area (Å²) in [4.78, 5) is 7.99. The van der Waals surface area contributed by atoms with E-state index in [4.69, 9.17) is 5.73 Å². The summed E-state index contributed by atoms with van der Waals surface area (Å²) in [5.41, 5.74) is 6.46. The van der Waals surface area contributed by atoms with E-state index in [2.05, 4.69) is 29.1 Å². The van der Waals surface area contributed by atoms with Crippen LogP contribution in [0.4, 0.5) is 11.5 Å². The van der Waals surface area contributed by atoms with Crippen LogP contribution in [0.1, 0.15) is 26.7 Å². The first-order chi connectivity index (χ1) is 6.59. The van der Waals surface area contributed by atoms with Crippen LogP contribution < -0.4 is 11.1 Å². The van der Waals surface area contributed by atoms with Crippen molar-refractivity contribution < 1.29 is 0 Å². The molecule has 1 aliphatic carbocycles. The highest BCUT2D eigenvalue weighted by molar-refractivity contribution is 5.60. The van der Waals surface area contributed by atoms with Gasteiger partial charge in [-0.15, -0.1) is 0 Å². The monoisotopic (exact) mass is 192 g/mol. The van der Waals surface area contributed by atoms with E-state index in [0.29, 0.717) is 5.69 Å². The predicted octanol–water partition coefficient (Wildman–Crippen LogP) is 1.66. The maximum atomic E-state index is 5.76. The number of nitrogens with two attached hydrogens (primary N) is 1. The summed E-state index contributed by atoms with van der Waals surface area (Å²) in [6.45, 7) is 4.37. The Balaban J connectivity index is 2.13. The van der Waals surface area contributed by atoms with Crippen LogP contribution in [-0.2, 0) is 0 Å². The Kier molecular flexibility index (Phi) is 2.06. The second kappa shape index (κ2) is 3.12. The molecule has 1 heterocycles. The van der Waals surface area contributed by atoms with Gasteiger partial charge in [0.15, 0.2) is 5.82 Å². The zero-order chi connectivity index (χ0) is 10.2. The summed E-state index contributed by atoms with van der Waals surface area (Å²) >= 11 is 0. The molecule has 1 saturated carbocycles. The van der Waals surface area contributed by atoms with Crippen molar-refractivity contribution in [3.63, 3.8) is 0 Å². The molecule has 76 valence electrons. The molecule has 14 heavy (non-hydrogen) atoms. The minimum absolute atomic E-state index is 0.0858. The smallest absolute Gasteiger partial charge is 0.153 e. The molecule has 1 aromatic rings. The lowest BCUT2D eigenvalue weighted by molar-refractivity contribution is 0.493. The normalized spacial score (nSPS) is 16.7. The molecular formula is C10H16N4. The van der Waals surface area contributed by atoms with Crippen molar-refractivity contribution in [2.75, 3.05) is 11.1 Å². The number of aromatic nitrogens is 2. The van der Waals surface area contributed by atoms with E-state index in [-0.39, 0.29) is 5.54 Å². The molecule has 0 aliphatic heterocycles. The van der Waals surface area contributed by atoms with E-state index >= 15 is 0 Å². The topological polar surface area (TPSA) is 63.8 Å². The standard InChI is InChI=1S/C10H16N4/c1-10(2,7-3-4-7)14-9-8(11)5-12-6-13-9/h5-7H,3-4,11H2,1-2H3,(H,12,13,14). The van der Waals surface area contributed by atoms with E-state index < -0.39 is 0 Å². The number of rotatable bonds is 3. The average Bonchev–Trinajstić information content (AvgIpc) is 2.91. The summed E-state index contributed by atoms with van der Waals surface area (Å²) in [6.07, 6.45) is 5.73. The molecule has 0 bridgehead atoms. The summed E-state index contributed by atoms with van der Waals surface area (Å²) in [6, 6.07) is 0. The molecule has 1 aliphatic rings. The third-order valence-corrected chi connectivity index (χ3v) is 2.78. The fourth-order valence-corrected chi connectivity index (χ4v) is 1.66. The average molecular weight is 192 g/mol. The highest BCUT2D eigenvalue weighted by Gasteiger charge is 2.38. The van der Waals surface area contributed by atoms with Crippen LogP contribution in [0, 0.1) is 5.92 Å². The van der Waals surface area contributed by atoms with Crippen molar-refractivity contribution in [3.8, 4) is 0 Å².